The Morgan fingerprint density at radius 1 is 1.00 bits per heavy atom. The fourth-order valence-corrected chi connectivity index (χ4v) is 0.750. The zero-order valence-corrected chi connectivity index (χ0v) is 7.63. The van der Waals surface area contributed by atoms with Crippen LogP contribution in [0, 0.1) is 0 Å². The molecular formula is C6H6BrSe. The Morgan fingerprint density at radius 3 is 1.75 bits per heavy atom. The third kappa shape index (κ3) is 2.51. The molecule has 0 aliphatic rings. The quantitative estimate of drug-likeness (QED) is 0.592. The van der Waals surface area contributed by atoms with Gasteiger partial charge in [0.05, 0.1) is 0 Å². The first-order valence-electron chi connectivity index (χ1n) is 2.11. The van der Waals surface area contributed by atoms with E-state index in [1.54, 1.807) is 0 Å². The minimum absolute atomic E-state index is 0. The van der Waals surface area contributed by atoms with Crippen LogP contribution in [0.1, 0.15) is 0 Å². The molecule has 0 amide bonds. The standard InChI is InChI=1S/C6H5Se.BrH/c7-6-4-2-1-3-5-6;/h1-5H;1H. The van der Waals surface area contributed by atoms with E-state index >= 15 is 0 Å². The van der Waals surface area contributed by atoms with Gasteiger partial charge in [-0.2, -0.15) is 0 Å². The van der Waals surface area contributed by atoms with Crippen LogP contribution < -0.4 is 4.46 Å². The maximum absolute atomic E-state index is 2.90. The molecule has 0 aliphatic heterocycles. The van der Waals surface area contributed by atoms with Gasteiger partial charge in [0.1, 0.15) is 0 Å². The molecule has 0 bridgehead atoms. The van der Waals surface area contributed by atoms with Crippen LogP contribution in [-0.4, -0.2) is 16.0 Å². The summed E-state index contributed by atoms with van der Waals surface area (Å²) in [5.41, 5.74) is 0. The van der Waals surface area contributed by atoms with E-state index in [0.29, 0.717) is 0 Å². The molecule has 0 saturated heterocycles. The SMILES string of the molecule is Br.[Se]c1ccccc1. The van der Waals surface area contributed by atoms with E-state index in [0.717, 1.165) is 0 Å². The van der Waals surface area contributed by atoms with Gasteiger partial charge in [-0.15, -0.1) is 17.0 Å². The summed E-state index contributed by atoms with van der Waals surface area (Å²) in [5.74, 6) is 0. The Hall–Kier alpha value is 0.219. The molecule has 1 radical (unpaired) electrons. The molecule has 43 valence electrons. The first-order valence-corrected chi connectivity index (χ1v) is 2.97. The van der Waals surface area contributed by atoms with E-state index in [9.17, 15) is 0 Å². The number of hydrogen-bond donors (Lipinski definition) is 0. The molecule has 1 aromatic carbocycles. The average molecular weight is 237 g/mol. The molecule has 0 N–H and O–H groups in total. The molecule has 0 spiro atoms. The van der Waals surface area contributed by atoms with Crippen LogP contribution in [0.3, 0.4) is 0 Å². The van der Waals surface area contributed by atoms with E-state index in [1.165, 1.54) is 4.46 Å². The zero-order chi connectivity index (χ0) is 5.11. The second kappa shape index (κ2) is 4.13. The van der Waals surface area contributed by atoms with Crippen molar-refractivity contribution < 1.29 is 0 Å². The number of halogens is 1. The molecule has 0 nitrogen and oxygen atoms in total. The fraction of sp³-hybridized carbons (Fsp3) is 0. The Balaban J connectivity index is 0.000000490. The molecule has 2 heteroatoms. The summed E-state index contributed by atoms with van der Waals surface area (Å²) in [6.07, 6.45) is 0. The van der Waals surface area contributed by atoms with Gasteiger partial charge in [-0.3, -0.25) is 0 Å². The van der Waals surface area contributed by atoms with Gasteiger partial charge in [0.15, 0.2) is 0 Å². The number of hydrogen-bond acceptors (Lipinski definition) is 0. The van der Waals surface area contributed by atoms with Crippen molar-refractivity contribution >= 4 is 37.5 Å². The Morgan fingerprint density at radius 2 is 1.50 bits per heavy atom. The molecule has 0 aromatic heterocycles. The first-order chi connectivity index (χ1) is 3.39. The molecule has 0 heterocycles. The molecule has 0 saturated carbocycles. The molecule has 1 rings (SSSR count). The van der Waals surface area contributed by atoms with Crippen molar-refractivity contribution in [3.8, 4) is 0 Å². The van der Waals surface area contributed by atoms with Crippen LogP contribution in [0.15, 0.2) is 30.3 Å². The Labute approximate surface area is 67.9 Å². The van der Waals surface area contributed by atoms with Crippen molar-refractivity contribution in [1.29, 1.82) is 0 Å². The van der Waals surface area contributed by atoms with Crippen LogP contribution in [0.5, 0.6) is 0 Å². The predicted molar refractivity (Wildman–Crippen MR) is 42.2 cm³/mol. The molecule has 0 aliphatic carbocycles. The van der Waals surface area contributed by atoms with Gasteiger partial charge < -0.3 is 0 Å². The van der Waals surface area contributed by atoms with E-state index in [4.69, 9.17) is 0 Å². The van der Waals surface area contributed by atoms with E-state index < -0.39 is 0 Å². The second-order valence-electron chi connectivity index (χ2n) is 1.31. The van der Waals surface area contributed by atoms with Crippen LogP contribution >= 0.6 is 17.0 Å². The number of benzene rings is 1. The molecule has 0 unspecified atom stereocenters. The van der Waals surface area contributed by atoms with Crippen molar-refractivity contribution in [2.24, 2.45) is 0 Å². The molecule has 0 fully saturated rings. The predicted octanol–water partition coefficient (Wildman–Crippen LogP) is 1.06. The van der Waals surface area contributed by atoms with Crippen molar-refractivity contribution in [2.75, 3.05) is 0 Å². The molecule has 0 atom stereocenters. The van der Waals surface area contributed by atoms with Gasteiger partial charge in [-0.25, -0.2) is 0 Å². The van der Waals surface area contributed by atoms with Crippen molar-refractivity contribution in [3.05, 3.63) is 30.3 Å². The van der Waals surface area contributed by atoms with Gasteiger partial charge in [-0.1, -0.05) is 0 Å². The molecule has 8 heavy (non-hydrogen) atoms. The van der Waals surface area contributed by atoms with Crippen LogP contribution in [0.4, 0.5) is 0 Å². The van der Waals surface area contributed by atoms with E-state index in [-0.39, 0.29) is 17.0 Å². The van der Waals surface area contributed by atoms with Crippen molar-refractivity contribution in [2.45, 2.75) is 0 Å². The average Bonchev–Trinajstić information content (AvgIpc) is 1.69. The van der Waals surface area contributed by atoms with E-state index in [1.807, 2.05) is 30.3 Å². The Bertz CT molecular complexity index is 138. The van der Waals surface area contributed by atoms with Gasteiger partial charge in [0.25, 0.3) is 0 Å². The minimum atomic E-state index is 0. The number of rotatable bonds is 0. The van der Waals surface area contributed by atoms with Crippen molar-refractivity contribution in [3.63, 3.8) is 0 Å². The second-order valence-corrected chi connectivity index (χ2v) is 2.30. The summed E-state index contributed by atoms with van der Waals surface area (Å²) in [4.78, 5) is 0. The van der Waals surface area contributed by atoms with Crippen LogP contribution in [0.25, 0.3) is 0 Å². The molecule has 1 aromatic rings. The third-order valence-electron chi connectivity index (χ3n) is 0.743. The Kier molecular flexibility index (Phi) is 4.25. The van der Waals surface area contributed by atoms with Gasteiger partial charge in [-0.05, 0) is 0 Å². The summed E-state index contributed by atoms with van der Waals surface area (Å²) in [5, 5.41) is 0. The summed E-state index contributed by atoms with van der Waals surface area (Å²) in [7, 11) is 0. The van der Waals surface area contributed by atoms with Gasteiger partial charge >= 0.3 is 50.8 Å². The first kappa shape index (κ1) is 8.22. The summed E-state index contributed by atoms with van der Waals surface area (Å²) >= 11 is 2.90. The topological polar surface area (TPSA) is 0 Å². The van der Waals surface area contributed by atoms with Gasteiger partial charge in [0, 0.05) is 0 Å². The van der Waals surface area contributed by atoms with Crippen molar-refractivity contribution in [1.82, 2.24) is 0 Å². The summed E-state index contributed by atoms with van der Waals surface area (Å²) in [6.45, 7) is 0. The third-order valence-corrected chi connectivity index (χ3v) is 1.31. The summed E-state index contributed by atoms with van der Waals surface area (Å²) in [6, 6.07) is 10.1. The van der Waals surface area contributed by atoms with Crippen LogP contribution in [-0.2, 0) is 0 Å². The maximum atomic E-state index is 2.90. The monoisotopic (exact) mass is 237 g/mol. The normalized spacial score (nSPS) is 7.50. The fourth-order valence-electron chi connectivity index (χ4n) is 0.420. The zero-order valence-electron chi connectivity index (χ0n) is 4.20. The van der Waals surface area contributed by atoms with E-state index in [2.05, 4.69) is 16.0 Å². The summed E-state index contributed by atoms with van der Waals surface area (Å²) < 4.78 is 1.20. The molecular weight excluding hydrogens is 231 g/mol. The van der Waals surface area contributed by atoms with Crippen LogP contribution in [0.2, 0.25) is 0 Å². The van der Waals surface area contributed by atoms with Gasteiger partial charge in [0.2, 0.25) is 0 Å².